The van der Waals surface area contributed by atoms with Gasteiger partial charge in [0.2, 0.25) is 0 Å². The van der Waals surface area contributed by atoms with Crippen LogP contribution in [0, 0.1) is 0 Å². The van der Waals surface area contributed by atoms with E-state index in [0.717, 1.165) is 19.3 Å². The number of rotatable bonds is 2. The first-order valence-corrected chi connectivity index (χ1v) is 6.84. The minimum absolute atomic E-state index is 0.0717. The average Bonchev–Trinajstić information content (AvgIpc) is 2.61. The van der Waals surface area contributed by atoms with Crippen molar-refractivity contribution in [3.63, 3.8) is 0 Å². The van der Waals surface area contributed by atoms with Crippen LogP contribution in [-0.4, -0.2) is 23.3 Å². The van der Waals surface area contributed by atoms with Gasteiger partial charge < -0.3 is 10.0 Å². The van der Waals surface area contributed by atoms with Gasteiger partial charge in [-0.05, 0) is 43.7 Å². The van der Waals surface area contributed by atoms with Gasteiger partial charge in [-0.1, -0.05) is 25.1 Å². The lowest BCUT2D eigenvalue weighted by atomic mass is 9.97. The average molecular weight is 231 g/mol. The van der Waals surface area contributed by atoms with Gasteiger partial charge in [-0.25, -0.2) is 0 Å². The Labute approximate surface area is 103 Å². The van der Waals surface area contributed by atoms with Crippen molar-refractivity contribution in [2.45, 2.75) is 57.2 Å². The van der Waals surface area contributed by atoms with Crippen molar-refractivity contribution in [3.8, 4) is 0 Å². The van der Waals surface area contributed by atoms with Gasteiger partial charge in [0.1, 0.15) is 0 Å². The molecule has 2 aliphatic rings. The zero-order valence-electron chi connectivity index (χ0n) is 10.5. The minimum atomic E-state index is -0.0717. The fourth-order valence-corrected chi connectivity index (χ4v) is 3.60. The van der Waals surface area contributed by atoms with Gasteiger partial charge in [0.15, 0.2) is 0 Å². The van der Waals surface area contributed by atoms with Crippen LogP contribution in [0.4, 0.5) is 5.69 Å². The third-order valence-corrected chi connectivity index (χ3v) is 4.36. The van der Waals surface area contributed by atoms with Gasteiger partial charge in [-0.3, -0.25) is 0 Å². The molecule has 2 unspecified atom stereocenters. The molecule has 3 rings (SSSR count). The molecule has 0 amide bonds. The number of fused-ring (bicyclic) bond motifs is 2. The van der Waals surface area contributed by atoms with E-state index in [1.165, 1.54) is 24.1 Å². The molecule has 2 bridgehead atoms. The van der Waals surface area contributed by atoms with Gasteiger partial charge in [0.25, 0.3) is 0 Å². The van der Waals surface area contributed by atoms with Crippen molar-refractivity contribution in [1.82, 2.24) is 0 Å². The monoisotopic (exact) mass is 231 g/mol. The number of para-hydroxylation sites is 1. The molecule has 92 valence electrons. The maximum atomic E-state index is 9.85. The number of aliphatic hydroxyl groups excluding tert-OH is 1. The molecule has 1 aromatic rings. The van der Waals surface area contributed by atoms with Crippen LogP contribution in [0.5, 0.6) is 0 Å². The second-order valence-corrected chi connectivity index (χ2v) is 5.40. The van der Waals surface area contributed by atoms with Crippen LogP contribution >= 0.6 is 0 Å². The molecule has 2 heteroatoms. The SMILES string of the molecule is CCc1ccccc1N1C2CCC1CC(O)C2. The number of anilines is 1. The third-order valence-electron chi connectivity index (χ3n) is 4.36. The highest BCUT2D eigenvalue weighted by atomic mass is 16.3. The number of hydrogen-bond acceptors (Lipinski definition) is 2. The van der Waals surface area contributed by atoms with Crippen LogP contribution < -0.4 is 4.90 Å². The molecular weight excluding hydrogens is 210 g/mol. The predicted octanol–water partition coefficient (Wildman–Crippen LogP) is 2.74. The lowest BCUT2D eigenvalue weighted by Gasteiger charge is -2.40. The van der Waals surface area contributed by atoms with Crippen LogP contribution in [0.25, 0.3) is 0 Å². The van der Waals surface area contributed by atoms with Crippen molar-refractivity contribution < 1.29 is 5.11 Å². The zero-order chi connectivity index (χ0) is 11.8. The Morgan fingerprint density at radius 2 is 1.82 bits per heavy atom. The molecule has 2 fully saturated rings. The lowest BCUT2D eigenvalue weighted by Crippen LogP contribution is -2.45. The Balaban J connectivity index is 1.94. The molecule has 2 aliphatic heterocycles. The summed E-state index contributed by atoms with van der Waals surface area (Å²) in [6.45, 7) is 2.22. The number of benzene rings is 1. The number of aliphatic hydroxyl groups is 1. The standard InChI is InChI=1S/C15H21NO/c1-2-11-5-3-4-6-15(11)16-12-7-8-13(16)10-14(17)9-12/h3-6,12-14,17H,2,7-10H2,1H3. The number of piperidine rings is 1. The van der Waals surface area contributed by atoms with E-state index in [2.05, 4.69) is 36.1 Å². The molecular formula is C15H21NO. The molecule has 0 aromatic heterocycles. The molecule has 17 heavy (non-hydrogen) atoms. The second-order valence-electron chi connectivity index (χ2n) is 5.40. The Hall–Kier alpha value is -1.02. The highest BCUT2D eigenvalue weighted by Gasteiger charge is 2.40. The topological polar surface area (TPSA) is 23.5 Å². The maximum Gasteiger partial charge on any atom is 0.0579 e. The van der Waals surface area contributed by atoms with Crippen molar-refractivity contribution in [2.24, 2.45) is 0 Å². The van der Waals surface area contributed by atoms with E-state index >= 15 is 0 Å². The lowest BCUT2D eigenvalue weighted by molar-refractivity contribution is 0.126. The van der Waals surface area contributed by atoms with Crippen LogP contribution in [0.1, 0.15) is 38.2 Å². The van der Waals surface area contributed by atoms with Crippen molar-refractivity contribution in [1.29, 1.82) is 0 Å². The molecule has 2 atom stereocenters. The molecule has 0 radical (unpaired) electrons. The van der Waals surface area contributed by atoms with E-state index in [0.29, 0.717) is 12.1 Å². The first-order chi connectivity index (χ1) is 8.29. The summed E-state index contributed by atoms with van der Waals surface area (Å²) in [5.74, 6) is 0. The Bertz CT molecular complexity index is 390. The third kappa shape index (κ3) is 1.85. The summed E-state index contributed by atoms with van der Waals surface area (Å²) in [6, 6.07) is 9.89. The summed E-state index contributed by atoms with van der Waals surface area (Å²) in [7, 11) is 0. The molecule has 1 aromatic carbocycles. The fraction of sp³-hybridized carbons (Fsp3) is 0.600. The second kappa shape index (κ2) is 4.34. The van der Waals surface area contributed by atoms with Crippen molar-refractivity contribution in [2.75, 3.05) is 4.90 Å². The van der Waals surface area contributed by atoms with E-state index < -0.39 is 0 Å². The Morgan fingerprint density at radius 3 is 2.47 bits per heavy atom. The summed E-state index contributed by atoms with van der Waals surface area (Å²) >= 11 is 0. The van der Waals surface area contributed by atoms with Crippen molar-refractivity contribution in [3.05, 3.63) is 29.8 Å². The van der Waals surface area contributed by atoms with E-state index in [-0.39, 0.29) is 6.10 Å². The van der Waals surface area contributed by atoms with Crippen LogP contribution in [0.15, 0.2) is 24.3 Å². The Morgan fingerprint density at radius 1 is 1.18 bits per heavy atom. The Kier molecular flexibility index (Phi) is 2.83. The van der Waals surface area contributed by atoms with Crippen LogP contribution in [-0.2, 0) is 6.42 Å². The number of hydrogen-bond donors (Lipinski definition) is 1. The number of aryl methyl sites for hydroxylation is 1. The largest absolute Gasteiger partial charge is 0.393 e. The van der Waals surface area contributed by atoms with E-state index in [1.807, 2.05) is 0 Å². The summed E-state index contributed by atoms with van der Waals surface area (Å²) < 4.78 is 0. The molecule has 0 saturated carbocycles. The van der Waals surface area contributed by atoms with E-state index in [1.54, 1.807) is 0 Å². The molecule has 1 N–H and O–H groups in total. The van der Waals surface area contributed by atoms with Crippen LogP contribution in [0.3, 0.4) is 0 Å². The minimum Gasteiger partial charge on any atom is -0.393 e. The molecule has 0 spiro atoms. The molecule has 2 heterocycles. The first-order valence-electron chi connectivity index (χ1n) is 6.84. The maximum absolute atomic E-state index is 9.85. The van der Waals surface area contributed by atoms with Crippen LogP contribution in [0.2, 0.25) is 0 Å². The zero-order valence-corrected chi connectivity index (χ0v) is 10.5. The van der Waals surface area contributed by atoms with Gasteiger partial charge >= 0.3 is 0 Å². The highest BCUT2D eigenvalue weighted by molar-refractivity contribution is 5.56. The molecule has 2 saturated heterocycles. The van der Waals surface area contributed by atoms with Gasteiger partial charge in [0.05, 0.1) is 6.10 Å². The van der Waals surface area contributed by atoms with E-state index in [9.17, 15) is 5.11 Å². The van der Waals surface area contributed by atoms with E-state index in [4.69, 9.17) is 0 Å². The predicted molar refractivity (Wildman–Crippen MR) is 70.3 cm³/mol. The smallest absolute Gasteiger partial charge is 0.0579 e. The summed E-state index contributed by atoms with van der Waals surface area (Å²) in [4.78, 5) is 2.59. The normalized spacial score (nSPS) is 31.9. The highest BCUT2D eigenvalue weighted by Crippen LogP contribution is 2.40. The van der Waals surface area contributed by atoms with Gasteiger partial charge in [0, 0.05) is 17.8 Å². The quantitative estimate of drug-likeness (QED) is 0.846. The molecule has 2 nitrogen and oxygen atoms in total. The fourth-order valence-electron chi connectivity index (χ4n) is 3.60. The van der Waals surface area contributed by atoms with Gasteiger partial charge in [-0.15, -0.1) is 0 Å². The van der Waals surface area contributed by atoms with Crippen molar-refractivity contribution >= 4 is 5.69 Å². The first kappa shape index (κ1) is 11.1. The summed E-state index contributed by atoms with van der Waals surface area (Å²) in [5, 5.41) is 9.85. The number of nitrogens with zero attached hydrogens (tertiary/aromatic N) is 1. The molecule has 0 aliphatic carbocycles. The summed E-state index contributed by atoms with van der Waals surface area (Å²) in [6.07, 6.45) is 5.43. The van der Waals surface area contributed by atoms with Gasteiger partial charge in [-0.2, -0.15) is 0 Å². The summed E-state index contributed by atoms with van der Waals surface area (Å²) in [5.41, 5.74) is 2.86.